The molecular formula is C14H15N3O3S. The molecule has 0 aliphatic heterocycles. The maximum absolute atomic E-state index is 12.1. The van der Waals surface area contributed by atoms with Crippen LogP contribution in [0.2, 0.25) is 0 Å². The number of benzene rings is 1. The Kier molecular flexibility index (Phi) is 5.02. The zero-order chi connectivity index (χ0) is 15.2. The SMILES string of the molecule is NCCc1nc(C(=O)Nc2cccc(CC(=O)O)c2)cs1. The normalized spacial score (nSPS) is 10.3. The Hall–Kier alpha value is -2.25. The number of anilines is 1. The van der Waals surface area contributed by atoms with Crippen molar-refractivity contribution < 1.29 is 14.7 Å². The molecule has 1 heterocycles. The van der Waals surface area contributed by atoms with Crippen molar-refractivity contribution in [1.82, 2.24) is 4.98 Å². The maximum Gasteiger partial charge on any atom is 0.307 e. The van der Waals surface area contributed by atoms with E-state index in [0.29, 0.717) is 29.9 Å². The first-order chi connectivity index (χ1) is 10.1. The van der Waals surface area contributed by atoms with Gasteiger partial charge >= 0.3 is 5.97 Å². The van der Waals surface area contributed by atoms with Crippen molar-refractivity contribution in [2.24, 2.45) is 5.73 Å². The van der Waals surface area contributed by atoms with Crippen molar-refractivity contribution in [3.05, 3.63) is 45.9 Å². The number of hydrogen-bond acceptors (Lipinski definition) is 5. The topological polar surface area (TPSA) is 105 Å². The van der Waals surface area contributed by atoms with Gasteiger partial charge in [-0.3, -0.25) is 9.59 Å². The summed E-state index contributed by atoms with van der Waals surface area (Å²) in [5, 5.41) is 14.0. The van der Waals surface area contributed by atoms with E-state index in [0.717, 1.165) is 5.01 Å². The Morgan fingerprint density at radius 2 is 2.19 bits per heavy atom. The number of carboxylic acids is 1. The number of carbonyl (C=O) groups is 2. The van der Waals surface area contributed by atoms with E-state index < -0.39 is 5.97 Å². The van der Waals surface area contributed by atoms with Gasteiger partial charge < -0.3 is 16.2 Å². The first-order valence-electron chi connectivity index (χ1n) is 6.35. The molecule has 21 heavy (non-hydrogen) atoms. The number of aromatic nitrogens is 1. The summed E-state index contributed by atoms with van der Waals surface area (Å²) in [4.78, 5) is 26.9. The van der Waals surface area contributed by atoms with Gasteiger partial charge in [0, 0.05) is 17.5 Å². The molecule has 0 spiro atoms. The van der Waals surface area contributed by atoms with Crippen LogP contribution in [-0.2, 0) is 17.6 Å². The van der Waals surface area contributed by atoms with Crippen LogP contribution in [-0.4, -0.2) is 28.5 Å². The number of nitrogens with zero attached hydrogens (tertiary/aromatic N) is 1. The van der Waals surface area contributed by atoms with Crippen LogP contribution in [0.15, 0.2) is 29.6 Å². The number of carbonyl (C=O) groups excluding carboxylic acids is 1. The van der Waals surface area contributed by atoms with E-state index in [1.54, 1.807) is 29.6 Å². The monoisotopic (exact) mass is 305 g/mol. The van der Waals surface area contributed by atoms with Gasteiger partial charge in [0.25, 0.3) is 5.91 Å². The summed E-state index contributed by atoms with van der Waals surface area (Å²) in [5.41, 5.74) is 6.96. The number of thiazole rings is 1. The summed E-state index contributed by atoms with van der Waals surface area (Å²) in [7, 11) is 0. The number of nitrogens with two attached hydrogens (primary N) is 1. The molecule has 0 fully saturated rings. The number of carboxylic acid groups (broad SMARTS) is 1. The molecule has 0 unspecified atom stereocenters. The second-order valence-corrected chi connectivity index (χ2v) is 5.33. The van der Waals surface area contributed by atoms with E-state index in [9.17, 15) is 9.59 Å². The highest BCUT2D eigenvalue weighted by Gasteiger charge is 2.11. The maximum atomic E-state index is 12.1. The van der Waals surface area contributed by atoms with Gasteiger partial charge in [-0.05, 0) is 24.2 Å². The lowest BCUT2D eigenvalue weighted by Gasteiger charge is -2.05. The Labute approximate surface area is 125 Å². The number of amides is 1. The molecule has 2 aromatic rings. The van der Waals surface area contributed by atoms with Crippen molar-refractivity contribution in [3.63, 3.8) is 0 Å². The number of rotatable bonds is 6. The largest absolute Gasteiger partial charge is 0.481 e. The molecule has 0 atom stereocenters. The standard InChI is InChI=1S/C14H15N3O3S/c15-5-4-12-17-11(8-21-12)14(20)16-10-3-1-2-9(6-10)7-13(18)19/h1-3,6,8H,4-5,7,15H2,(H,16,20)(H,18,19). The predicted molar refractivity (Wildman–Crippen MR) is 80.6 cm³/mol. The zero-order valence-electron chi connectivity index (χ0n) is 11.2. The van der Waals surface area contributed by atoms with E-state index in [-0.39, 0.29) is 12.3 Å². The van der Waals surface area contributed by atoms with Crippen LogP contribution in [0.25, 0.3) is 0 Å². The number of nitrogens with one attached hydrogen (secondary N) is 1. The van der Waals surface area contributed by atoms with E-state index in [2.05, 4.69) is 10.3 Å². The molecule has 0 radical (unpaired) electrons. The fourth-order valence-corrected chi connectivity index (χ4v) is 2.58. The fourth-order valence-electron chi connectivity index (χ4n) is 1.78. The van der Waals surface area contributed by atoms with E-state index in [1.807, 2.05) is 0 Å². The molecule has 6 nitrogen and oxygen atoms in total. The Morgan fingerprint density at radius 3 is 2.90 bits per heavy atom. The van der Waals surface area contributed by atoms with Crippen LogP contribution >= 0.6 is 11.3 Å². The highest BCUT2D eigenvalue weighted by Crippen LogP contribution is 2.15. The summed E-state index contributed by atoms with van der Waals surface area (Å²) < 4.78 is 0. The third-order valence-electron chi connectivity index (χ3n) is 2.68. The van der Waals surface area contributed by atoms with E-state index >= 15 is 0 Å². The second kappa shape index (κ2) is 6.96. The summed E-state index contributed by atoms with van der Waals surface area (Å²) in [6, 6.07) is 6.75. The second-order valence-electron chi connectivity index (χ2n) is 4.39. The zero-order valence-corrected chi connectivity index (χ0v) is 12.0. The van der Waals surface area contributed by atoms with Crippen molar-refractivity contribution in [1.29, 1.82) is 0 Å². The van der Waals surface area contributed by atoms with Gasteiger partial charge in [-0.15, -0.1) is 11.3 Å². The molecule has 0 saturated carbocycles. The Bertz CT molecular complexity index is 654. The van der Waals surface area contributed by atoms with Crippen LogP contribution < -0.4 is 11.1 Å². The van der Waals surface area contributed by atoms with Crippen molar-refractivity contribution in [2.75, 3.05) is 11.9 Å². The minimum Gasteiger partial charge on any atom is -0.481 e. The summed E-state index contributed by atoms with van der Waals surface area (Å²) in [6.07, 6.45) is 0.563. The molecule has 1 aromatic heterocycles. The third kappa shape index (κ3) is 4.37. The predicted octanol–water partition coefficient (Wildman–Crippen LogP) is 1.52. The molecule has 0 bridgehead atoms. The highest BCUT2D eigenvalue weighted by molar-refractivity contribution is 7.09. The average molecular weight is 305 g/mol. The number of hydrogen-bond donors (Lipinski definition) is 3. The lowest BCUT2D eigenvalue weighted by Crippen LogP contribution is -2.13. The molecule has 4 N–H and O–H groups in total. The van der Waals surface area contributed by atoms with Gasteiger partial charge in [0.05, 0.1) is 11.4 Å². The van der Waals surface area contributed by atoms with Crippen LogP contribution in [0.4, 0.5) is 5.69 Å². The minimum absolute atomic E-state index is 0.0823. The fraction of sp³-hybridized carbons (Fsp3) is 0.214. The average Bonchev–Trinajstić information content (AvgIpc) is 2.87. The smallest absolute Gasteiger partial charge is 0.307 e. The van der Waals surface area contributed by atoms with Crippen molar-refractivity contribution in [3.8, 4) is 0 Å². The van der Waals surface area contributed by atoms with Gasteiger partial charge in [0.2, 0.25) is 0 Å². The molecule has 1 amide bonds. The molecule has 7 heteroatoms. The molecule has 0 saturated heterocycles. The highest BCUT2D eigenvalue weighted by atomic mass is 32.1. The van der Waals surface area contributed by atoms with Crippen LogP contribution in [0.3, 0.4) is 0 Å². The molecule has 0 aliphatic carbocycles. The number of aliphatic carboxylic acids is 1. The van der Waals surface area contributed by atoms with Gasteiger partial charge in [0.1, 0.15) is 5.69 Å². The first-order valence-corrected chi connectivity index (χ1v) is 7.23. The van der Waals surface area contributed by atoms with Gasteiger partial charge in [0.15, 0.2) is 0 Å². The van der Waals surface area contributed by atoms with Crippen molar-refractivity contribution >= 4 is 28.9 Å². The van der Waals surface area contributed by atoms with Crippen LogP contribution in [0.1, 0.15) is 21.1 Å². The van der Waals surface area contributed by atoms with Crippen molar-refractivity contribution in [2.45, 2.75) is 12.8 Å². The van der Waals surface area contributed by atoms with E-state index in [4.69, 9.17) is 10.8 Å². The minimum atomic E-state index is -0.913. The summed E-state index contributed by atoms with van der Waals surface area (Å²) in [5.74, 6) is -1.23. The summed E-state index contributed by atoms with van der Waals surface area (Å²) >= 11 is 1.39. The third-order valence-corrected chi connectivity index (χ3v) is 3.59. The van der Waals surface area contributed by atoms with Gasteiger partial charge in [-0.2, -0.15) is 0 Å². The quantitative estimate of drug-likeness (QED) is 0.750. The Morgan fingerprint density at radius 1 is 1.38 bits per heavy atom. The molecule has 1 aromatic carbocycles. The van der Waals surface area contributed by atoms with Gasteiger partial charge in [-0.25, -0.2) is 4.98 Å². The lowest BCUT2D eigenvalue weighted by molar-refractivity contribution is -0.136. The van der Waals surface area contributed by atoms with Gasteiger partial charge in [-0.1, -0.05) is 12.1 Å². The van der Waals surface area contributed by atoms with Crippen LogP contribution in [0.5, 0.6) is 0 Å². The summed E-state index contributed by atoms with van der Waals surface area (Å²) in [6.45, 7) is 0.492. The Balaban J connectivity index is 2.06. The molecular weight excluding hydrogens is 290 g/mol. The lowest BCUT2D eigenvalue weighted by atomic mass is 10.1. The van der Waals surface area contributed by atoms with Crippen LogP contribution in [0, 0.1) is 0 Å². The molecule has 0 aliphatic rings. The molecule has 2 rings (SSSR count). The molecule has 110 valence electrons. The van der Waals surface area contributed by atoms with E-state index in [1.165, 1.54) is 11.3 Å². The first kappa shape index (κ1) is 15.1.